The summed E-state index contributed by atoms with van der Waals surface area (Å²) in [6.45, 7) is 5.21. The zero-order valence-electron chi connectivity index (χ0n) is 9.27. The number of nitrogens with zero attached hydrogens (tertiary/aromatic N) is 2. The summed E-state index contributed by atoms with van der Waals surface area (Å²) in [5.74, 6) is 1.77. The van der Waals surface area contributed by atoms with Gasteiger partial charge in [0, 0.05) is 12.1 Å². The highest BCUT2D eigenvalue weighted by Crippen LogP contribution is 2.18. The first kappa shape index (κ1) is 10.0. The minimum atomic E-state index is 0.634. The van der Waals surface area contributed by atoms with Crippen LogP contribution in [-0.2, 0) is 0 Å². The number of benzene rings is 1. The van der Waals surface area contributed by atoms with Crippen LogP contribution in [0, 0.1) is 5.92 Å². The van der Waals surface area contributed by atoms with E-state index >= 15 is 0 Å². The lowest BCUT2D eigenvalue weighted by atomic mass is 10.1. The second kappa shape index (κ2) is 4.34. The molecule has 0 aromatic heterocycles. The molecule has 0 saturated heterocycles. The summed E-state index contributed by atoms with van der Waals surface area (Å²) < 4.78 is 0. The van der Waals surface area contributed by atoms with Crippen molar-refractivity contribution in [1.82, 2.24) is 5.43 Å². The molecule has 0 aliphatic carbocycles. The predicted molar refractivity (Wildman–Crippen MR) is 63.8 cm³/mol. The Morgan fingerprint density at radius 3 is 2.73 bits per heavy atom. The Balaban J connectivity index is 2.14. The van der Waals surface area contributed by atoms with Gasteiger partial charge < -0.3 is 4.90 Å². The van der Waals surface area contributed by atoms with Crippen LogP contribution < -0.4 is 10.3 Å². The average molecular weight is 203 g/mol. The number of hydrogen-bond acceptors (Lipinski definition) is 3. The van der Waals surface area contributed by atoms with E-state index in [1.165, 1.54) is 5.69 Å². The molecule has 0 spiro atoms. The van der Waals surface area contributed by atoms with Crippen molar-refractivity contribution >= 4 is 11.5 Å². The Bertz CT molecular complexity index is 343. The topological polar surface area (TPSA) is 27.6 Å². The van der Waals surface area contributed by atoms with E-state index in [-0.39, 0.29) is 0 Å². The molecule has 1 aliphatic rings. The fourth-order valence-corrected chi connectivity index (χ4v) is 1.72. The Kier molecular flexibility index (Phi) is 2.90. The Morgan fingerprint density at radius 1 is 1.33 bits per heavy atom. The van der Waals surface area contributed by atoms with E-state index in [4.69, 9.17) is 0 Å². The molecule has 80 valence electrons. The molecular weight excluding hydrogens is 186 g/mol. The lowest BCUT2D eigenvalue weighted by Gasteiger charge is -2.20. The maximum Gasteiger partial charge on any atom is 0.131 e. The predicted octanol–water partition coefficient (Wildman–Crippen LogP) is 2.41. The van der Waals surface area contributed by atoms with Crippen LogP contribution in [0.4, 0.5) is 5.69 Å². The van der Waals surface area contributed by atoms with Crippen LogP contribution >= 0.6 is 0 Å². The van der Waals surface area contributed by atoms with E-state index in [9.17, 15) is 0 Å². The second-order valence-electron chi connectivity index (χ2n) is 4.21. The quantitative estimate of drug-likeness (QED) is 0.817. The van der Waals surface area contributed by atoms with Crippen LogP contribution in [0.25, 0.3) is 0 Å². The third-order valence-corrected chi connectivity index (χ3v) is 2.41. The summed E-state index contributed by atoms with van der Waals surface area (Å²) in [6, 6.07) is 10.4. The first-order chi connectivity index (χ1) is 7.27. The number of amidine groups is 1. The van der Waals surface area contributed by atoms with Crippen molar-refractivity contribution in [3.05, 3.63) is 30.3 Å². The maximum atomic E-state index is 4.33. The Morgan fingerprint density at radius 2 is 2.07 bits per heavy atom. The summed E-state index contributed by atoms with van der Waals surface area (Å²) >= 11 is 0. The Labute approximate surface area is 90.8 Å². The second-order valence-corrected chi connectivity index (χ2v) is 4.21. The molecule has 15 heavy (non-hydrogen) atoms. The number of hydrogen-bond donors (Lipinski definition) is 1. The van der Waals surface area contributed by atoms with Crippen LogP contribution in [0.1, 0.15) is 20.3 Å². The van der Waals surface area contributed by atoms with E-state index in [2.05, 4.69) is 53.5 Å². The molecule has 0 amide bonds. The third-order valence-electron chi connectivity index (χ3n) is 2.41. The Hall–Kier alpha value is -1.51. The van der Waals surface area contributed by atoms with Gasteiger partial charge in [0.25, 0.3) is 0 Å². The molecule has 3 heteroatoms. The highest BCUT2D eigenvalue weighted by atomic mass is 15.5. The fraction of sp³-hybridized carbons (Fsp3) is 0.417. The van der Waals surface area contributed by atoms with Crippen molar-refractivity contribution in [3.63, 3.8) is 0 Å². The monoisotopic (exact) mass is 203 g/mol. The van der Waals surface area contributed by atoms with E-state index in [0.29, 0.717) is 5.92 Å². The van der Waals surface area contributed by atoms with E-state index < -0.39 is 0 Å². The molecule has 2 rings (SSSR count). The summed E-state index contributed by atoms with van der Waals surface area (Å²) in [5, 5.41) is 4.33. The summed E-state index contributed by atoms with van der Waals surface area (Å²) in [6.07, 6.45) is 1.02. The summed E-state index contributed by atoms with van der Waals surface area (Å²) in [4.78, 5) is 2.22. The number of anilines is 1. The molecule has 0 atom stereocenters. The van der Waals surface area contributed by atoms with E-state index in [1.54, 1.807) is 0 Å². The van der Waals surface area contributed by atoms with Gasteiger partial charge in [0.05, 0.1) is 0 Å². The number of rotatable bonds is 3. The van der Waals surface area contributed by atoms with Gasteiger partial charge in [-0.25, -0.2) is 0 Å². The molecule has 0 unspecified atom stereocenters. The van der Waals surface area contributed by atoms with Crippen molar-refractivity contribution in [1.29, 1.82) is 0 Å². The standard InChI is InChI=1S/C12H17N3/c1-10(2)8-12-14-13-9-15(12)11-6-4-3-5-7-11/h3-7,10,13H,8-9H2,1-2H3. The van der Waals surface area contributed by atoms with Gasteiger partial charge in [-0.1, -0.05) is 32.0 Å². The van der Waals surface area contributed by atoms with Crippen molar-refractivity contribution in [2.45, 2.75) is 20.3 Å². The maximum absolute atomic E-state index is 4.33. The lowest BCUT2D eigenvalue weighted by molar-refractivity contribution is 0.680. The molecule has 1 aliphatic heterocycles. The largest absolute Gasteiger partial charge is 0.309 e. The van der Waals surface area contributed by atoms with Gasteiger partial charge in [0.15, 0.2) is 0 Å². The van der Waals surface area contributed by atoms with Gasteiger partial charge >= 0.3 is 0 Å². The SMILES string of the molecule is CC(C)CC1=NNCN1c1ccccc1. The number of hydrazone groups is 1. The van der Waals surface area contributed by atoms with E-state index in [1.807, 2.05) is 6.07 Å². The summed E-state index contributed by atoms with van der Waals surface area (Å²) in [5.41, 5.74) is 4.25. The van der Waals surface area contributed by atoms with Crippen molar-refractivity contribution in [2.24, 2.45) is 11.0 Å². The third kappa shape index (κ3) is 2.29. The molecule has 1 aromatic rings. The normalized spacial score (nSPS) is 15.4. The first-order valence-electron chi connectivity index (χ1n) is 5.39. The van der Waals surface area contributed by atoms with Crippen molar-refractivity contribution in [2.75, 3.05) is 11.6 Å². The molecule has 3 nitrogen and oxygen atoms in total. The lowest BCUT2D eigenvalue weighted by Crippen LogP contribution is -2.29. The van der Waals surface area contributed by atoms with Crippen molar-refractivity contribution < 1.29 is 0 Å². The zero-order valence-corrected chi connectivity index (χ0v) is 9.27. The van der Waals surface area contributed by atoms with Gasteiger partial charge in [-0.3, -0.25) is 5.43 Å². The number of nitrogens with one attached hydrogen (secondary N) is 1. The molecule has 0 radical (unpaired) electrons. The van der Waals surface area contributed by atoms with Crippen LogP contribution in [0.15, 0.2) is 35.4 Å². The van der Waals surface area contributed by atoms with Crippen LogP contribution in [-0.4, -0.2) is 12.5 Å². The van der Waals surface area contributed by atoms with E-state index in [0.717, 1.165) is 18.9 Å². The van der Waals surface area contributed by atoms with Gasteiger partial charge in [-0.05, 0) is 18.1 Å². The minimum absolute atomic E-state index is 0.634. The van der Waals surface area contributed by atoms with Gasteiger partial charge in [0.1, 0.15) is 12.5 Å². The molecule has 0 fully saturated rings. The van der Waals surface area contributed by atoms with Crippen LogP contribution in [0.3, 0.4) is 0 Å². The van der Waals surface area contributed by atoms with Crippen LogP contribution in [0.2, 0.25) is 0 Å². The zero-order chi connectivity index (χ0) is 10.7. The van der Waals surface area contributed by atoms with Gasteiger partial charge in [-0.2, -0.15) is 5.10 Å². The van der Waals surface area contributed by atoms with Crippen LogP contribution in [0.5, 0.6) is 0 Å². The number of para-hydroxylation sites is 1. The van der Waals surface area contributed by atoms with Crippen molar-refractivity contribution in [3.8, 4) is 0 Å². The molecule has 0 saturated carbocycles. The molecule has 0 bridgehead atoms. The highest BCUT2D eigenvalue weighted by molar-refractivity contribution is 5.98. The fourth-order valence-electron chi connectivity index (χ4n) is 1.72. The van der Waals surface area contributed by atoms with Gasteiger partial charge in [0.2, 0.25) is 0 Å². The molecule has 1 N–H and O–H groups in total. The van der Waals surface area contributed by atoms with Gasteiger partial charge in [-0.15, -0.1) is 0 Å². The summed E-state index contributed by atoms with van der Waals surface area (Å²) in [7, 11) is 0. The molecular formula is C12H17N3. The smallest absolute Gasteiger partial charge is 0.131 e. The molecule has 1 heterocycles. The first-order valence-corrected chi connectivity index (χ1v) is 5.39. The average Bonchev–Trinajstić information content (AvgIpc) is 2.66. The highest BCUT2D eigenvalue weighted by Gasteiger charge is 2.18. The minimum Gasteiger partial charge on any atom is -0.309 e. The molecule has 1 aromatic carbocycles.